The molecule has 0 aromatic carbocycles. The Morgan fingerprint density at radius 2 is 0.857 bits per heavy atom. The Balaban J connectivity index is 4.43. The van der Waals surface area contributed by atoms with Gasteiger partial charge in [0.15, 0.2) is 0 Å². The molecule has 0 aliphatic carbocycles. The van der Waals surface area contributed by atoms with Crippen LogP contribution in [0.15, 0.2) is 0 Å². The molecule has 0 aliphatic heterocycles. The summed E-state index contributed by atoms with van der Waals surface area (Å²) in [6.07, 6.45) is 0. The fourth-order valence-electron chi connectivity index (χ4n) is 0. The van der Waals surface area contributed by atoms with Gasteiger partial charge in [0.1, 0.15) is 0 Å². The van der Waals surface area contributed by atoms with E-state index in [0.29, 0.717) is 13.9 Å². The maximum absolute atomic E-state index is 10.5. The molecule has 0 spiro atoms. The molecule has 0 aliphatic rings. The number of rotatable bonds is 0. The zero-order valence-corrected chi connectivity index (χ0v) is 6.18. The first-order valence-electron chi connectivity index (χ1n) is 1.01. The van der Waals surface area contributed by atoms with Gasteiger partial charge in [0.2, 0.25) is 0 Å². The van der Waals surface area contributed by atoms with Gasteiger partial charge in [-0.25, -0.2) is 0 Å². The maximum atomic E-state index is 10.5. The summed E-state index contributed by atoms with van der Waals surface area (Å²) in [5.74, 6) is 0. The van der Waals surface area contributed by atoms with E-state index in [1.54, 1.807) is 0 Å². The van der Waals surface area contributed by atoms with Crippen molar-refractivity contribution in [1.82, 2.24) is 0 Å². The third-order valence-electron chi connectivity index (χ3n) is 0. The Morgan fingerprint density at radius 3 is 0.857 bits per heavy atom. The second kappa shape index (κ2) is 0.879. The minimum absolute atomic E-state index is 0.427. The summed E-state index contributed by atoms with van der Waals surface area (Å²) >= 11 is -9.32. The Bertz CT molecular complexity index is 66.6. The van der Waals surface area contributed by atoms with Crippen molar-refractivity contribution < 1.29 is 17.3 Å². The first-order valence-corrected chi connectivity index (χ1v) is 8.96. The molecule has 0 radical (unpaired) electrons. The molecule has 0 unspecified atom stereocenters. The number of hydrogen-bond acceptors (Lipinski definition) is 0. The summed E-state index contributed by atoms with van der Waals surface area (Å²) in [6.45, 7) is 0. The molecular weight excluding hydrogens is 250 g/mol. The fourth-order valence-corrected chi connectivity index (χ4v) is 0. The molecule has 0 fully saturated rings. The van der Waals surface area contributed by atoms with E-state index in [1.165, 1.54) is 0 Å². The summed E-state index contributed by atoms with van der Waals surface area (Å²) in [5, 5.41) is 0. The van der Waals surface area contributed by atoms with Crippen LogP contribution in [0.5, 0.6) is 0 Å². The van der Waals surface area contributed by atoms with Crippen LogP contribution in [-0.2, 0) is 0 Å². The normalized spacial score (nSPS) is 23.1. The van der Waals surface area contributed by atoms with Crippen molar-refractivity contribution in [3.8, 4) is 0 Å². The van der Waals surface area contributed by atoms with E-state index in [2.05, 4.69) is 0 Å². The zero-order chi connectivity index (χ0) is 6.41. The number of hydrogen-bond donors (Lipinski definition) is 0. The molecule has 0 aromatic heterocycles. The van der Waals surface area contributed by atoms with E-state index in [-0.39, 0.29) is 0 Å². The van der Waals surface area contributed by atoms with Crippen LogP contribution in [0.1, 0.15) is 0 Å². The first kappa shape index (κ1) is 7.69. The summed E-state index contributed by atoms with van der Waals surface area (Å²) in [7, 11) is 0. The number of halogens is 6. The molecule has 0 nitrogen and oxygen atoms in total. The van der Waals surface area contributed by atoms with Crippen LogP contribution in [0.25, 0.3) is 0 Å². The van der Waals surface area contributed by atoms with E-state index in [9.17, 15) is 17.3 Å². The molecule has 0 saturated heterocycles. The second-order valence-corrected chi connectivity index (χ2v) is 11.9. The molecule has 7 heteroatoms. The average Bonchev–Trinajstić information content (AvgIpc) is 0.592. The van der Waals surface area contributed by atoms with Crippen LogP contribution >= 0.6 is 13.9 Å². The third kappa shape index (κ3) is 310. The molecule has 0 amide bonds. The Hall–Kier alpha value is 0.688. The monoisotopic (exact) mass is 249 g/mol. The quantitative estimate of drug-likeness (QED) is 0.457. The molecular formula is AsBrF5-. The summed E-state index contributed by atoms with van der Waals surface area (Å²) in [6, 6.07) is 0. The van der Waals surface area contributed by atoms with Crippen LogP contribution in [0.4, 0.5) is 17.3 Å². The minimum atomic E-state index is -9.75. The predicted molar refractivity (Wildman–Crippen MR) is 20.2 cm³/mol. The van der Waals surface area contributed by atoms with Crippen molar-refractivity contribution in [2.75, 3.05) is 0 Å². The van der Waals surface area contributed by atoms with Crippen LogP contribution in [0, 0.1) is 0 Å². The van der Waals surface area contributed by atoms with E-state index >= 15 is 0 Å². The van der Waals surface area contributed by atoms with E-state index in [0.717, 1.165) is 0 Å². The van der Waals surface area contributed by atoms with Gasteiger partial charge in [-0.15, -0.1) is 0 Å². The summed E-state index contributed by atoms with van der Waals surface area (Å²) in [4.78, 5) is 0. The van der Waals surface area contributed by atoms with Crippen molar-refractivity contribution in [1.29, 1.82) is 0 Å². The fraction of sp³-hybridized carbons (Fsp3) is 0. The van der Waals surface area contributed by atoms with Crippen molar-refractivity contribution in [3.05, 3.63) is 0 Å². The third-order valence-corrected chi connectivity index (χ3v) is 0. The van der Waals surface area contributed by atoms with Crippen LogP contribution < -0.4 is 0 Å². The molecule has 0 rings (SSSR count). The first-order chi connectivity index (χ1) is 2.45. The Morgan fingerprint density at radius 1 is 0.857 bits per heavy atom. The molecule has 48 valence electrons. The van der Waals surface area contributed by atoms with Gasteiger partial charge >= 0.3 is 43.1 Å². The van der Waals surface area contributed by atoms with Crippen LogP contribution in [0.2, 0.25) is 0 Å². The van der Waals surface area contributed by atoms with Gasteiger partial charge in [-0.2, -0.15) is 0 Å². The predicted octanol–water partition coefficient (Wildman–Crippen LogP) is 2.57. The Kier molecular flexibility index (Phi) is 0.966. The van der Waals surface area contributed by atoms with Crippen molar-refractivity contribution in [2.45, 2.75) is 0 Å². The molecule has 7 heavy (non-hydrogen) atoms. The second-order valence-electron chi connectivity index (χ2n) is 0.958. The van der Waals surface area contributed by atoms with Gasteiger partial charge in [-0.3, -0.25) is 0 Å². The summed E-state index contributed by atoms with van der Waals surface area (Å²) < 4.78 is 52.4. The van der Waals surface area contributed by atoms with Crippen molar-refractivity contribution >= 4 is 25.8 Å². The molecule has 0 bridgehead atoms. The Labute approximate surface area is 43.6 Å². The SMILES string of the molecule is F[As-](F)(F)(F)(F)Br. The molecule has 0 N–H and O–H groups in total. The van der Waals surface area contributed by atoms with Crippen LogP contribution in [-0.4, -0.2) is 11.8 Å². The van der Waals surface area contributed by atoms with Gasteiger partial charge in [0.05, 0.1) is 0 Å². The standard InChI is InChI=1S/AsBrF5/c2-1(3,4,5,6)7/q-1. The summed E-state index contributed by atoms with van der Waals surface area (Å²) in [5.41, 5.74) is 0. The molecule has 0 saturated carbocycles. The zero-order valence-electron chi connectivity index (χ0n) is 2.72. The van der Waals surface area contributed by atoms with Crippen LogP contribution in [0.3, 0.4) is 0 Å². The van der Waals surface area contributed by atoms with Gasteiger partial charge < -0.3 is 0 Å². The van der Waals surface area contributed by atoms with Crippen molar-refractivity contribution in [3.63, 3.8) is 0 Å². The van der Waals surface area contributed by atoms with Gasteiger partial charge in [0, 0.05) is 0 Å². The van der Waals surface area contributed by atoms with Crippen molar-refractivity contribution in [2.24, 2.45) is 0 Å². The van der Waals surface area contributed by atoms with Gasteiger partial charge in [-0.1, -0.05) is 0 Å². The van der Waals surface area contributed by atoms with Gasteiger partial charge in [0.25, 0.3) is 0 Å². The molecule has 0 atom stereocenters. The van der Waals surface area contributed by atoms with E-state index in [1.807, 2.05) is 0 Å². The van der Waals surface area contributed by atoms with Gasteiger partial charge in [-0.05, 0) is 0 Å². The molecule has 0 heterocycles. The molecule has 0 aromatic rings. The average molecular weight is 250 g/mol. The van der Waals surface area contributed by atoms with E-state index < -0.39 is 11.8 Å². The topological polar surface area (TPSA) is 0 Å². The van der Waals surface area contributed by atoms with E-state index in [4.69, 9.17) is 0 Å².